The standard InChI is InChI=1S/C18H21BrN2O2/c1-18(11-20,14-4-5-14)21-17(22)10-23-16-7-3-12-8-15(19)6-2-13(12)9-16/h2-3,6-9,14H,4-5,10-11,20H2,1H3,(H,21,22). The first-order valence-electron chi connectivity index (χ1n) is 7.83. The van der Waals surface area contributed by atoms with Gasteiger partial charge in [-0.1, -0.05) is 28.1 Å². The van der Waals surface area contributed by atoms with E-state index in [1.165, 1.54) is 0 Å². The average Bonchev–Trinajstić information content (AvgIpc) is 3.38. The van der Waals surface area contributed by atoms with Gasteiger partial charge in [0.2, 0.25) is 0 Å². The zero-order valence-corrected chi connectivity index (χ0v) is 14.7. The second kappa shape index (κ2) is 6.49. The number of carbonyl (C=O) groups is 1. The molecule has 0 spiro atoms. The molecule has 0 bridgehead atoms. The Bertz CT molecular complexity index is 730. The van der Waals surface area contributed by atoms with Gasteiger partial charge in [-0.2, -0.15) is 0 Å². The van der Waals surface area contributed by atoms with Crippen LogP contribution in [-0.4, -0.2) is 24.6 Å². The van der Waals surface area contributed by atoms with Crippen molar-refractivity contribution in [2.24, 2.45) is 11.7 Å². The summed E-state index contributed by atoms with van der Waals surface area (Å²) in [6.45, 7) is 2.47. The van der Waals surface area contributed by atoms with Crippen LogP contribution >= 0.6 is 15.9 Å². The minimum Gasteiger partial charge on any atom is -0.484 e. The number of ether oxygens (including phenoxy) is 1. The van der Waals surface area contributed by atoms with E-state index < -0.39 is 0 Å². The van der Waals surface area contributed by atoms with Crippen molar-refractivity contribution in [1.82, 2.24) is 5.32 Å². The molecule has 1 fully saturated rings. The molecule has 122 valence electrons. The van der Waals surface area contributed by atoms with Crippen LogP contribution < -0.4 is 15.8 Å². The largest absolute Gasteiger partial charge is 0.484 e. The van der Waals surface area contributed by atoms with Crippen LogP contribution in [0.25, 0.3) is 10.8 Å². The van der Waals surface area contributed by atoms with Crippen molar-refractivity contribution in [2.45, 2.75) is 25.3 Å². The quantitative estimate of drug-likeness (QED) is 0.813. The maximum Gasteiger partial charge on any atom is 0.258 e. The minimum absolute atomic E-state index is 0.00431. The highest BCUT2D eigenvalue weighted by molar-refractivity contribution is 9.10. The molecule has 2 aromatic carbocycles. The molecular formula is C18H21BrN2O2. The highest BCUT2D eigenvalue weighted by Gasteiger charge is 2.41. The molecule has 1 unspecified atom stereocenters. The fourth-order valence-corrected chi connectivity index (χ4v) is 3.21. The number of halogens is 1. The summed E-state index contributed by atoms with van der Waals surface area (Å²) in [5.41, 5.74) is 5.51. The Kier molecular flexibility index (Phi) is 4.60. The van der Waals surface area contributed by atoms with E-state index in [-0.39, 0.29) is 18.1 Å². The molecule has 1 aliphatic rings. The minimum atomic E-state index is -0.309. The number of nitrogens with one attached hydrogen (secondary N) is 1. The van der Waals surface area contributed by atoms with Crippen LogP contribution in [0.15, 0.2) is 40.9 Å². The van der Waals surface area contributed by atoms with Gasteiger partial charge in [-0.05, 0) is 60.7 Å². The molecule has 5 heteroatoms. The van der Waals surface area contributed by atoms with E-state index in [1.807, 2.05) is 43.3 Å². The first-order valence-corrected chi connectivity index (χ1v) is 8.63. The fraction of sp³-hybridized carbons (Fsp3) is 0.389. The number of rotatable bonds is 6. The van der Waals surface area contributed by atoms with Gasteiger partial charge in [0.05, 0.1) is 5.54 Å². The van der Waals surface area contributed by atoms with Crippen molar-refractivity contribution >= 4 is 32.6 Å². The molecule has 0 saturated heterocycles. The predicted molar refractivity (Wildman–Crippen MR) is 95.5 cm³/mol. The first kappa shape index (κ1) is 16.3. The van der Waals surface area contributed by atoms with Gasteiger partial charge >= 0.3 is 0 Å². The SMILES string of the molecule is CC(CN)(NC(=O)COc1ccc2cc(Br)ccc2c1)C1CC1. The summed E-state index contributed by atoms with van der Waals surface area (Å²) in [5.74, 6) is 1.06. The van der Waals surface area contributed by atoms with Crippen LogP contribution in [0.4, 0.5) is 0 Å². The third-order valence-corrected chi connectivity index (χ3v) is 4.96. The highest BCUT2D eigenvalue weighted by atomic mass is 79.9. The number of benzene rings is 2. The van der Waals surface area contributed by atoms with Crippen LogP contribution in [0.5, 0.6) is 5.75 Å². The lowest BCUT2D eigenvalue weighted by Crippen LogP contribution is -2.54. The summed E-state index contributed by atoms with van der Waals surface area (Å²) in [6, 6.07) is 11.9. The van der Waals surface area contributed by atoms with Crippen molar-refractivity contribution < 1.29 is 9.53 Å². The lowest BCUT2D eigenvalue weighted by atomic mass is 9.96. The third-order valence-electron chi connectivity index (χ3n) is 4.47. The van der Waals surface area contributed by atoms with Gasteiger partial charge in [0.15, 0.2) is 6.61 Å². The molecule has 23 heavy (non-hydrogen) atoms. The summed E-state index contributed by atoms with van der Waals surface area (Å²) >= 11 is 3.46. The maximum atomic E-state index is 12.1. The van der Waals surface area contributed by atoms with Gasteiger partial charge in [-0.3, -0.25) is 4.79 Å². The molecule has 0 aliphatic heterocycles. The molecule has 2 aromatic rings. The Hall–Kier alpha value is -1.59. The Labute approximate surface area is 144 Å². The molecule has 4 nitrogen and oxygen atoms in total. The summed E-state index contributed by atoms with van der Waals surface area (Å²) in [7, 11) is 0. The highest BCUT2D eigenvalue weighted by Crippen LogP contribution is 2.38. The Morgan fingerprint density at radius 2 is 2.00 bits per heavy atom. The van der Waals surface area contributed by atoms with Crippen LogP contribution in [0.1, 0.15) is 19.8 Å². The molecule has 0 heterocycles. The number of nitrogens with two attached hydrogens (primary N) is 1. The lowest BCUT2D eigenvalue weighted by Gasteiger charge is -2.29. The predicted octanol–water partition coefficient (Wildman–Crippen LogP) is 3.22. The summed E-state index contributed by atoms with van der Waals surface area (Å²) in [4.78, 5) is 12.1. The zero-order valence-electron chi connectivity index (χ0n) is 13.1. The second-order valence-corrected chi connectivity index (χ2v) is 7.30. The van der Waals surface area contributed by atoms with Crippen LogP contribution in [0.3, 0.4) is 0 Å². The number of amides is 1. The first-order chi connectivity index (χ1) is 11.0. The van der Waals surface area contributed by atoms with E-state index in [1.54, 1.807) is 0 Å². The van der Waals surface area contributed by atoms with E-state index in [2.05, 4.69) is 21.2 Å². The van der Waals surface area contributed by atoms with Crippen LogP contribution in [0, 0.1) is 5.92 Å². The van der Waals surface area contributed by atoms with Gasteiger partial charge in [0.25, 0.3) is 5.91 Å². The molecule has 1 aliphatic carbocycles. The van der Waals surface area contributed by atoms with Gasteiger partial charge in [-0.25, -0.2) is 0 Å². The lowest BCUT2D eigenvalue weighted by molar-refractivity contribution is -0.125. The normalized spacial score (nSPS) is 16.8. The Balaban J connectivity index is 1.61. The van der Waals surface area contributed by atoms with Crippen molar-refractivity contribution in [1.29, 1.82) is 0 Å². The summed E-state index contributed by atoms with van der Waals surface area (Å²) < 4.78 is 6.67. The molecule has 3 rings (SSSR count). The van der Waals surface area contributed by atoms with Crippen LogP contribution in [0.2, 0.25) is 0 Å². The molecule has 1 amide bonds. The van der Waals surface area contributed by atoms with Gasteiger partial charge in [0, 0.05) is 11.0 Å². The average molecular weight is 377 g/mol. The van der Waals surface area contributed by atoms with Gasteiger partial charge < -0.3 is 15.8 Å². The van der Waals surface area contributed by atoms with E-state index in [0.717, 1.165) is 28.1 Å². The van der Waals surface area contributed by atoms with E-state index >= 15 is 0 Å². The van der Waals surface area contributed by atoms with Crippen molar-refractivity contribution in [3.8, 4) is 5.75 Å². The molecule has 0 aromatic heterocycles. The Morgan fingerprint density at radius 3 is 2.70 bits per heavy atom. The maximum absolute atomic E-state index is 12.1. The fourth-order valence-electron chi connectivity index (χ4n) is 2.83. The summed E-state index contributed by atoms with van der Waals surface area (Å²) in [6.07, 6.45) is 2.27. The zero-order chi connectivity index (χ0) is 16.4. The smallest absolute Gasteiger partial charge is 0.258 e. The molecule has 0 radical (unpaired) electrons. The van der Waals surface area contributed by atoms with Crippen molar-refractivity contribution in [3.63, 3.8) is 0 Å². The van der Waals surface area contributed by atoms with E-state index in [0.29, 0.717) is 18.2 Å². The molecule has 1 atom stereocenters. The van der Waals surface area contributed by atoms with Gasteiger partial charge in [0.1, 0.15) is 5.75 Å². The Morgan fingerprint density at radius 1 is 1.30 bits per heavy atom. The topological polar surface area (TPSA) is 64.3 Å². The number of hydrogen-bond acceptors (Lipinski definition) is 3. The summed E-state index contributed by atoms with van der Waals surface area (Å²) in [5, 5.41) is 5.23. The number of hydrogen-bond donors (Lipinski definition) is 2. The third kappa shape index (κ3) is 3.85. The number of fused-ring (bicyclic) bond motifs is 1. The van der Waals surface area contributed by atoms with Crippen molar-refractivity contribution in [2.75, 3.05) is 13.2 Å². The van der Waals surface area contributed by atoms with E-state index in [4.69, 9.17) is 10.5 Å². The number of carbonyl (C=O) groups excluding carboxylic acids is 1. The van der Waals surface area contributed by atoms with Crippen molar-refractivity contribution in [3.05, 3.63) is 40.9 Å². The van der Waals surface area contributed by atoms with E-state index in [9.17, 15) is 4.79 Å². The second-order valence-electron chi connectivity index (χ2n) is 6.39. The monoisotopic (exact) mass is 376 g/mol. The molecular weight excluding hydrogens is 356 g/mol. The van der Waals surface area contributed by atoms with Crippen LogP contribution in [-0.2, 0) is 4.79 Å². The van der Waals surface area contributed by atoms with Gasteiger partial charge in [-0.15, -0.1) is 0 Å². The molecule has 1 saturated carbocycles. The molecule has 3 N–H and O–H groups in total.